The standard InChI is InChI=1S/C26H24N4O4/c1-2-33-19-9-7-18(8-10-19)21-15-25(28-17-27-21)29-11-13-30(14-12-29)26(32)24-16-22(31)20-5-3-4-6-23(20)34-24/h3-10,15-17H,2,11-14H2,1H3. The lowest BCUT2D eigenvalue weighted by Gasteiger charge is -2.35. The van der Waals surface area contributed by atoms with E-state index in [9.17, 15) is 9.59 Å². The highest BCUT2D eigenvalue weighted by molar-refractivity contribution is 5.93. The summed E-state index contributed by atoms with van der Waals surface area (Å²) >= 11 is 0. The molecule has 8 nitrogen and oxygen atoms in total. The lowest BCUT2D eigenvalue weighted by Crippen LogP contribution is -2.49. The number of carbonyl (C=O) groups is 1. The summed E-state index contributed by atoms with van der Waals surface area (Å²) in [6.07, 6.45) is 1.56. The predicted molar refractivity (Wildman–Crippen MR) is 129 cm³/mol. The number of carbonyl (C=O) groups excluding carboxylic acids is 1. The first-order valence-electron chi connectivity index (χ1n) is 11.2. The summed E-state index contributed by atoms with van der Waals surface area (Å²) in [5, 5.41) is 0.468. The van der Waals surface area contributed by atoms with Gasteiger partial charge in [0.15, 0.2) is 11.2 Å². The van der Waals surface area contributed by atoms with E-state index in [0.717, 1.165) is 22.8 Å². The van der Waals surface area contributed by atoms with Crippen molar-refractivity contribution >= 4 is 22.7 Å². The second-order valence-corrected chi connectivity index (χ2v) is 7.97. The van der Waals surface area contributed by atoms with Crippen LogP contribution in [-0.4, -0.2) is 53.6 Å². The van der Waals surface area contributed by atoms with Crippen LogP contribution in [0.5, 0.6) is 5.75 Å². The normalized spacial score (nSPS) is 13.8. The maximum absolute atomic E-state index is 13.0. The summed E-state index contributed by atoms with van der Waals surface area (Å²) in [5.74, 6) is 1.42. The maximum Gasteiger partial charge on any atom is 0.289 e. The van der Waals surface area contributed by atoms with Crippen LogP contribution in [0.4, 0.5) is 5.82 Å². The van der Waals surface area contributed by atoms with E-state index in [4.69, 9.17) is 9.15 Å². The number of fused-ring (bicyclic) bond motifs is 1. The minimum absolute atomic E-state index is 0.0666. The number of rotatable bonds is 5. The summed E-state index contributed by atoms with van der Waals surface area (Å²) in [6.45, 7) is 4.80. The molecule has 1 aliphatic rings. The van der Waals surface area contributed by atoms with Gasteiger partial charge in [0, 0.05) is 43.9 Å². The molecule has 0 unspecified atom stereocenters. The molecule has 1 fully saturated rings. The Kier molecular flexibility index (Phi) is 5.95. The number of ether oxygens (including phenoxy) is 1. The molecule has 2 aromatic heterocycles. The van der Waals surface area contributed by atoms with Gasteiger partial charge in [-0.15, -0.1) is 0 Å². The Bertz CT molecular complexity index is 1380. The van der Waals surface area contributed by atoms with Gasteiger partial charge < -0.3 is 19.0 Å². The van der Waals surface area contributed by atoms with Crippen LogP contribution in [0.15, 0.2) is 76.2 Å². The lowest BCUT2D eigenvalue weighted by atomic mass is 10.1. The molecule has 0 bridgehead atoms. The lowest BCUT2D eigenvalue weighted by molar-refractivity contribution is 0.0715. The van der Waals surface area contributed by atoms with Gasteiger partial charge in [-0.3, -0.25) is 9.59 Å². The molecule has 34 heavy (non-hydrogen) atoms. The van der Waals surface area contributed by atoms with E-state index in [0.29, 0.717) is 43.8 Å². The molecule has 1 saturated heterocycles. The van der Waals surface area contributed by atoms with E-state index in [2.05, 4.69) is 14.9 Å². The van der Waals surface area contributed by atoms with Crippen molar-refractivity contribution in [2.24, 2.45) is 0 Å². The van der Waals surface area contributed by atoms with E-state index in [1.165, 1.54) is 6.07 Å². The fraction of sp³-hybridized carbons (Fsp3) is 0.231. The van der Waals surface area contributed by atoms with Crippen LogP contribution in [0.1, 0.15) is 17.5 Å². The average Bonchev–Trinajstić information content (AvgIpc) is 2.89. The third kappa shape index (κ3) is 4.34. The summed E-state index contributed by atoms with van der Waals surface area (Å²) in [6, 6.07) is 18.0. The van der Waals surface area contributed by atoms with Gasteiger partial charge in [-0.25, -0.2) is 9.97 Å². The molecule has 4 aromatic rings. The van der Waals surface area contributed by atoms with Crippen molar-refractivity contribution < 1.29 is 13.9 Å². The number of para-hydroxylation sites is 1. The van der Waals surface area contributed by atoms with Crippen LogP contribution in [0.25, 0.3) is 22.2 Å². The number of aromatic nitrogens is 2. The second-order valence-electron chi connectivity index (χ2n) is 7.97. The molecule has 5 rings (SSSR count). The monoisotopic (exact) mass is 456 g/mol. The molecule has 0 spiro atoms. The Hall–Kier alpha value is -4.20. The number of anilines is 1. The molecule has 2 aromatic carbocycles. The molecule has 172 valence electrons. The Balaban J connectivity index is 1.28. The van der Waals surface area contributed by atoms with Gasteiger partial charge in [-0.05, 0) is 43.3 Å². The topological polar surface area (TPSA) is 88.8 Å². The van der Waals surface area contributed by atoms with Gasteiger partial charge in [0.1, 0.15) is 23.5 Å². The van der Waals surface area contributed by atoms with E-state index in [1.54, 1.807) is 35.5 Å². The van der Waals surface area contributed by atoms with Crippen molar-refractivity contribution in [1.29, 1.82) is 0 Å². The number of amides is 1. The summed E-state index contributed by atoms with van der Waals surface area (Å²) in [5.41, 5.74) is 2.00. The molecule has 1 aliphatic heterocycles. The van der Waals surface area contributed by atoms with Crippen molar-refractivity contribution in [1.82, 2.24) is 14.9 Å². The van der Waals surface area contributed by atoms with Gasteiger partial charge in [-0.1, -0.05) is 12.1 Å². The number of hydrogen-bond donors (Lipinski definition) is 0. The Morgan fingerprint density at radius 1 is 1.00 bits per heavy atom. The van der Waals surface area contributed by atoms with Gasteiger partial charge >= 0.3 is 0 Å². The Morgan fingerprint density at radius 3 is 2.53 bits per heavy atom. The minimum atomic E-state index is -0.278. The molecule has 0 saturated carbocycles. The first kappa shape index (κ1) is 21.6. The SMILES string of the molecule is CCOc1ccc(-c2cc(N3CCN(C(=O)c4cc(=O)c5ccccc5o4)CC3)ncn2)cc1. The average molecular weight is 457 g/mol. The van der Waals surface area contributed by atoms with Crippen LogP contribution >= 0.6 is 0 Å². The molecule has 0 aliphatic carbocycles. The van der Waals surface area contributed by atoms with E-state index >= 15 is 0 Å². The highest BCUT2D eigenvalue weighted by atomic mass is 16.5. The van der Waals surface area contributed by atoms with Crippen molar-refractivity contribution in [3.63, 3.8) is 0 Å². The van der Waals surface area contributed by atoms with Crippen molar-refractivity contribution in [2.75, 3.05) is 37.7 Å². The fourth-order valence-electron chi connectivity index (χ4n) is 4.07. The highest BCUT2D eigenvalue weighted by Crippen LogP contribution is 2.24. The smallest absolute Gasteiger partial charge is 0.289 e. The first-order valence-corrected chi connectivity index (χ1v) is 11.2. The van der Waals surface area contributed by atoms with Crippen LogP contribution in [0.2, 0.25) is 0 Å². The van der Waals surface area contributed by atoms with Gasteiger partial charge in [0.25, 0.3) is 5.91 Å². The maximum atomic E-state index is 13.0. The third-order valence-corrected chi connectivity index (χ3v) is 5.85. The number of benzene rings is 2. The van der Waals surface area contributed by atoms with E-state index in [-0.39, 0.29) is 17.1 Å². The molecule has 8 heteroatoms. The van der Waals surface area contributed by atoms with E-state index in [1.807, 2.05) is 37.3 Å². The number of nitrogens with zero attached hydrogens (tertiary/aromatic N) is 4. The van der Waals surface area contributed by atoms with Crippen LogP contribution in [0, 0.1) is 0 Å². The zero-order chi connectivity index (χ0) is 23.5. The highest BCUT2D eigenvalue weighted by Gasteiger charge is 2.25. The first-order chi connectivity index (χ1) is 16.6. The summed E-state index contributed by atoms with van der Waals surface area (Å²) in [7, 11) is 0. The predicted octanol–water partition coefficient (Wildman–Crippen LogP) is 3.61. The molecule has 3 heterocycles. The van der Waals surface area contributed by atoms with Gasteiger partial charge in [0.2, 0.25) is 0 Å². The van der Waals surface area contributed by atoms with Crippen LogP contribution < -0.4 is 15.1 Å². The zero-order valence-corrected chi connectivity index (χ0v) is 18.8. The molecular formula is C26H24N4O4. The van der Waals surface area contributed by atoms with Crippen molar-refractivity contribution in [3.8, 4) is 17.0 Å². The molecular weight excluding hydrogens is 432 g/mol. The van der Waals surface area contributed by atoms with Gasteiger partial charge in [-0.2, -0.15) is 0 Å². The largest absolute Gasteiger partial charge is 0.494 e. The zero-order valence-electron chi connectivity index (χ0n) is 18.8. The van der Waals surface area contributed by atoms with Crippen LogP contribution in [-0.2, 0) is 0 Å². The molecule has 0 radical (unpaired) electrons. The van der Waals surface area contributed by atoms with Crippen LogP contribution in [0.3, 0.4) is 0 Å². The summed E-state index contributed by atoms with van der Waals surface area (Å²) in [4.78, 5) is 38.0. The van der Waals surface area contributed by atoms with Gasteiger partial charge in [0.05, 0.1) is 17.7 Å². The molecule has 0 atom stereocenters. The molecule has 0 N–H and O–H groups in total. The third-order valence-electron chi connectivity index (χ3n) is 5.85. The number of piperazine rings is 1. The Labute approximate surface area is 196 Å². The quantitative estimate of drug-likeness (QED) is 0.453. The van der Waals surface area contributed by atoms with E-state index < -0.39 is 0 Å². The number of hydrogen-bond acceptors (Lipinski definition) is 7. The fourth-order valence-corrected chi connectivity index (χ4v) is 4.07. The second kappa shape index (κ2) is 9.35. The summed E-state index contributed by atoms with van der Waals surface area (Å²) < 4.78 is 11.2. The Morgan fingerprint density at radius 2 is 1.76 bits per heavy atom. The minimum Gasteiger partial charge on any atom is -0.494 e. The molecule has 1 amide bonds. The van der Waals surface area contributed by atoms with Crippen molar-refractivity contribution in [2.45, 2.75) is 6.92 Å². The van der Waals surface area contributed by atoms with Crippen molar-refractivity contribution in [3.05, 3.63) is 83.0 Å².